The van der Waals surface area contributed by atoms with E-state index in [1.165, 1.54) is 6.42 Å². The maximum Gasteiger partial charge on any atom is 0.234 e. The molecule has 2 N–H and O–H groups in total. The molecule has 82 valence electrons. The van der Waals surface area contributed by atoms with E-state index in [2.05, 4.69) is 17.6 Å². The molecule has 1 fully saturated rings. The number of carbonyl (C=O) groups is 1. The van der Waals surface area contributed by atoms with Crippen LogP contribution in [0.1, 0.15) is 19.8 Å². The number of amides is 1. The molecular weight excluding hydrogens is 178 g/mol. The summed E-state index contributed by atoms with van der Waals surface area (Å²) in [5, 5.41) is 6.37. The average molecular weight is 199 g/mol. The average Bonchev–Trinajstić information content (AvgIpc) is 2.49. The molecule has 0 aliphatic carbocycles. The second-order valence-electron chi connectivity index (χ2n) is 4.61. The molecular formula is C10H21N3O. The van der Waals surface area contributed by atoms with E-state index >= 15 is 0 Å². The molecule has 0 radical (unpaired) electrons. The standard InChI is InChI=1S/C10H21N3O/c1-10(5-4-6-12-10)8-11-9(14)7-13(2)3/h12H,4-8H2,1-3H3,(H,11,14). The van der Waals surface area contributed by atoms with Crippen LogP contribution in [0, 0.1) is 0 Å². The van der Waals surface area contributed by atoms with Gasteiger partial charge < -0.3 is 15.5 Å². The fraction of sp³-hybridized carbons (Fsp3) is 0.900. The SMILES string of the molecule is CN(C)CC(=O)NCC1(C)CCCN1. The summed E-state index contributed by atoms with van der Waals surface area (Å²) in [7, 11) is 3.80. The minimum atomic E-state index is 0.102. The molecule has 1 heterocycles. The zero-order valence-corrected chi connectivity index (χ0v) is 9.39. The number of likely N-dealkylation sites (N-methyl/N-ethyl adjacent to an activating group) is 1. The molecule has 14 heavy (non-hydrogen) atoms. The number of nitrogens with one attached hydrogen (secondary N) is 2. The molecule has 0 aromatic carbocycles. The summed E-state index contributed by atoms with van der Waals surface area (Å²) < 4.78 is 0. The molecule has 0 saturated carbocycles. The van der Waals surface area contributed by atoms with Crippen LogP contribution in [0.5, 0.6) is 0 Å². The van der Waals surface area contributed by atoms with Gasteiger partial charge in [-0.3, -0.25) is 4.79 Å². The number of carbonyl (C=O) groups excluding carboxylic acids is 1. The Bertz CT molecular complexity index is 198. The monoisotopic (exact) mass is 199 g/mol. The van der Waals surface area contributed by atoms with Gasteiger partial charge in [-0.1, -0.05) is 0 Å². The van der Waals surface area contributed by atoms with Crippen molar-refractivity contribution in [2.75, 3.05) is 33.7 Å². The summed E-state index contributed by atoms with van der Waals surface area (Å²) in [6, 6.07) is 0. The van der Waals surface area contributed by atoms with E-state index in [0.717, 1.165) is 19.5 Å². The summed E-state index contributed by atoms with van der Waals surface area (Å²) in [4.78, 5) is 13.2. The van der Waals surface area contributed by atoms with Crippen LogP contribution in [0.4, 0.5) is 0 Å². The van der Waals surface area contributed by atoms with Gasteiger partial charge in [0.2, 0.25) is 5.91 Å². The Morgan fingerprint density at radius 1 is 1.57 bits per heavy atom. The van der Waals surface area contributed by atoms with Crippen molar-refractivity contribution < 1.29 is 4.79 Å². The van der Waals surface area contributed by atoms with Crippen molar-refractivity contribution in [3.05, 3.63) is 0 Å². The third-order valence-corrected chi connectivity index (χ3v) is 2.59. The fourth-order valence-corrected chi connectivity index (χ4v) is 1.74. The topological polar surface area (TPSA) is 44.4 Å². The van der Waals surface area contributed by atoms with Gasteiger partial charge in [-0.25, -0.2) is 0 Å². The van der Waals surface area contributed by atoms with Crippen LogP contribution >= 0.6 is 0 Å². The minimum Gasteiger partial charge on any atom is -0.353 e. The van der Waals surface area contributed by atoms with Gasteiger partial charge in [0.25, 0.3) is 0 Å². The predicted octanol–water partition coefficient (Wildman–Crippen LogP) is -0.194. The highest BCUT2D eigenvalue weighted by Gasteiger charge is 2.27. The van der Waals surface area contributed by atoms with Crippen LogP contribution in [0.25, 0.3) is 0 Å². The van der Waals surface area contributed by atoms with Gasteiger partial charge in [-0.05, 0) is 40.4 Å². The normalized spacial score (nSPS) is 26.9. The van der Waals surface area contributed by atoms with E-state index in [1.54, 1.807) is 0 Å². The zero-order chi connectivity index (χ0) is 10.6. The van der Waals surface area contributed by atoms with Gasteiger partial charge in [0.05, 0.1) is 6.54 Å². The Balaban J connectivity index is 2.22. The molecule has 0 aromatic rings. The van der Waals surface area contributed by atoms with Crippen molar-refractivity contribution in [1.82, 2.24) is 15.5 Å². The highest BCUT2D eigenvalue weighted by molar-refractivity contribution is 5.78. The lowest BCUT2D eigenvalue weighted by molar-refractivity contribution is -0.121. The van der Waals surface area contributed by atoms with Crippen molar-refractivity contribution in [2.45, 2.75) is 25.3 Å². The zero-order valence-electron chi connectivity index (χ0n) is 9.39. The quantitative estimate of drug-likeness (QED) is 0.659. The van der Waals surface area contributed by atoms with Crippen LogP contribution in [0.15, 0.2) is 0 Å². The van der Waals surface area contributed by atoms with Gasteiger partial charge in [-0.2, -0.15) is 0 Å². The number of nitrogens with zero attached hydrogens (tertiary/aromatic N) is 1. The number of hydrogen-bond acceptors (Lipinski definition) is 3. The molecule has 0 bridgehead atoms. The molecule has 1 aliphatic rings. The first-order valence-corrected chi connectivity index (χ1v) is 5.18. The second kappa shape index (κ2) is 4.75. The lowest BCUT2D eigenvalue weighted by Crippen LogP contribution is -2.48. The molecule has 4 nitrogen and oxygen atoms in total. The van der Waals surface area contributed by atoms with Gasteiger partial charge in [0.1, 0.15) is 0 Å². The van der Waals surface area contributed by atoms with E-state index in [0.29, 0.717) is 6.54 Å². The Morgan fingerprint density at radius 3 is 2.79 bits per heavy atom. The largest absolute Gasteiger partial charge is 0.353 e. The highest BCUT2D eigenvalue weighted by atomic mass is 16.2. The maximum atomic E-state index is 11.4. The summed E-state index contributed by atoms with van der Waals surface area (Å²) in [6.07, 6.45) is 2.36. The molecule has 1 amide bonds. The second-order valence-corrected chi connectivity index (χ2v) is 4.61. The summed E-state index contributed by atoms with van der Waals surface area (Å²) in [5.41, 5.74) is 0.113. The molecule has 1 rings (SSSR count). The molecule has 4 heteroatoms. The van der Waals surface area contributed by atoms with E-state index in [9.17, 15) is 4.79 Å². The molecule has 1 saturated heterocycles. The first-order valence-electron chi connectivity index (χ1n) is 5.18. The maximum absolute atomic E-state index is 11.4. The Kier molecular flexibility index (Phi) is 3.89. The van der Waals surface area contributed by atoms with Gasteiger partial charge in [0, 0.05) is 12.1 Å². The number of rotatable bonds is 4. The van der Waals surface area contributed by atoms with Crippen molar-refractivity contribution in [3.8, 4) is 0 Å². The number of hydrogen-bond donors (Lipinski definition) is 2. The molecule has 1 atom stereocenters. The fourth-order valence-electron chi connectivity index (χ4n) is 1.74. The first kappa shape index (κ1) is 11.5. The predicted molar refractivity (Wildman–Crippen MR) is 57.2 cm³/mol. The lowest BCUT2D eigenvalue weighted by atomic mass is 10.0. The van der Waals surface area contributed by atoms with E-state index in [-0.39, 0.29) is 11.4 Å². The Labute approximate surface area is 86.0 Å². The van der Waals surface area contributed by atoms with Crippen molar-refractivity contribution in [1.29, 1.82) is 0 Å². The minimum absolute atomic E-state index is 0.102. The molecule has 0 spiro atoms. The lowest BCUT2D eigenvalue weighted by Gasteiger charge is -2.25. The molecule has 0 aromatic heterocycles. The first-order chi connectivity index (χ1) is 6.52. The van der Waals surface area contributed by atoms with Gasteiger partial charge in [-0.15, -0.1) is 0 Å². The Morgan fingerprint density at radius 2 is 2.29 bits per heavy atom. The summed E-state index contributed by atoms with van der Waals surface area (Å²) >= 11 is 0. The van der Waals surface area contributed by atoms with Crippen LogP contribution in [-0.2, 0) is 4.79 Å². The smallest absolute Gasteiger partial charge is 0.234 e. The Hall–Kier alpha value is -0.610. The third kappa shape index (κ3) is 3.64. The van der Waals surface area contributed by atoms with Gasteiger partial charge >= 0.3 is 0 Å². The summed E-state index contributed by atoms with van der Waals surface area (Å²) in [6.45, 7) is 4.44. The van der Waals surface area contributed by atoms with Crippen LogP contribution in [0.3, 0.4) is 0 Å². The molecule has 1 aliphatic heterocycles. The van der Waals surface area contributed by atoms with Crippen molar-refractivity contribution >= 4 is 5.91 Å². The van der Waals surface area contributed by atoms with Gasteiger partial charge in [0.15, 0.2) is 0 Å². The van der Waals surface area contributed by atoms with Crippen molar-refractivity contribution in [3.63, 3.8) is 0 Å². The van der Waals surface area contributed by atoms with Crippen molar-refractivity contribution in [2.24, 2.45) is 0 Å². The van der Waals surface area contributed by atoms with E-state index in [1.807, 2.05) is 19.0 Å². The third-order valence-electron chi connectivity index (χ3n) is 2.59. The van der Waals surface area contributed by atoms with E-state index in [4.69, 9.17) is 0 Å². The van der Waals surface area contributed by atoms with Crippen LogP contribution < -0.4 is 10.6 Å². The summed E-state index contributed by atoms with van der Waals surface area (Å²) in [5.74, 6) is 0.102. The highest BCUT2D eigenvalue weighted by Crippen LogP contribution is 2.16. The molecule has 1 unspecified atom stereocenters. The van der Waals surface area contributed by atoms with Crippen LogP contribution in [-0.4, -0.2) is 50.1 Å². The van der Waals surface area contributed by atoms with Crippen LogP contribution in [0.2, 0.25) is 0 Å². The van der Waals surface area contributed by atoms with E-state index < -0.39 is 0 Å².